The predicted molar refractivity (Wildman–Crippen MR) is 180 cm³/mol. The second-order valence-electron chi connectivity index (χ2n) is 13.3. The fourth-order valence-corrected chi connectivity index (χ4v) is 8.26. The molecule has 0 aliphatic carbocycles. The van der Waals surface area contributed by atoms with Crippen molar-refractivity contribution in [2.24, 2.45) is 0 Å². The maximum atomic E-state index is 12.5. The third-order valence-electron chi connectivity index (χ3n) is 10.5. The third-order valence-corrected chi connectivity index (χ3v) is 10.5. The second kappa shape index (κ2) is 11.9. The molecule has 1 spiro atoms. The van der Waals surface area contributed by atoms with Crippen molar-refractivity contribution in [2.75, 3.05) is 40.2 Å². The Bertz CT molecular complexity index is 1950. The van der Waals surface area contributed by atoms with Crippen LogP contribution < -0.4 is 39.6 Å². The molecule has 0 saturated carbocycles. The number of hydrogen-bond acceptors (Lipinski definition) is 14. The Morgan fingerprint density at radius 1 is 1.00 bits per heavy atom. The minimum Gasteiger partial charge on any atom is -0.508 e. The molecule has 8 N–H and O–H groups in total. The van der Waals surface area contributed by atoms with Crippen molar-refractivity contribution >= 4 is 11.7 Å². The van der Waals surface area contributed by atoms with Crippen LogP contribution in [0.3, 0.4) is 0 Å². The number of carboxylic acids is 1. The molecule has 0 radical (unpaired) electrons. The molecule has 1 saturated heterocycles. The molecule has 2 bridgehead atoms. The van der Waals surface area contributed by atoms with E-state index in [1.54, 1.807) is 44.6 Å². The van der Waals surface area contributed by atoms with Crippen LogP contribution >= 0.6 is 0 Å². The van der Waals surface area contributed by atoms with Gasteiger partial charge in [-0.1, -0.05) is 18.2 Å². The minimum atomic E-state index is -2.40. The number of aromatic hydroxyl groups is 1. The highest BCUT2D eigenvalue weighted by Gasteiger charge is 2.70. The Morgan fingerprint density at radius 3 is 2.49 bits per heavy atom. The van der Waals surface area contributed by atoms with Crippen LogP contribution in [0.4, 0.5) is 5.69 Å². The van der Waals surface area contributed by atoms with Gasteiger partial charge in [0.25, 0.3) is 5.79 Å². The lowest BCUT2D eigenvalue weighted by Crippen LogP contribution is -2.79. The second-order valence-corrected chi connectivity index (χ2v) is 13.3. The third kappa shape index (κ3) is 4.55. The quantitative estimate of drug-likeness (QED) is 0.156. The maximum absolute atomic E-state index is 12.5. The highest BCUT2D eigenvalue weighted by molar-refractivity contribution is 5.86. The number of benzene rings is 3. The smallest absolute Gasteiger partial charge is 0.343 e. The van der Waals surface area contributed by atoms with Crippen molar-refractivity contribution in [1.82, 2.24) is 10.6 Å². The number of hydrogen-bond donors (Lipinski definition) is 8. The molecule has 3 aromatic rings. The number of phenolic OH excluding ortho intramolecular Hbond substituents is 1. The summed E-state index contributed by atoms with van der Waals surface area (Å²) in [6, 6.07) is 9.18. The number of phenols is 1. The summed E-state index contributed by atoms with van der Waals surface area (Å²) in [7, 11) is 6.79. The van der Waals surface area contributed by atoms with Crippen molar-refractivity contribution in [1.29, 1.82) is 0 Å². The molecular weight excluding hydrogens is 666 g/mol. The molecule has 51 heavy (non-hydrogen) atoms. The summed E-state index contributed by atoms with van der Waals surface area (Å²) in [5.74, 6) is -2.15. The van der Waals surface area contributed by atoms with E-state index in [4.69, 9.17) is 28.4 Å². The lowest BCUT2D eigenvalue weighted by atomic mass is 9.75. The Balaban J connectivity index is 1.36. The lowest BCUT2D eigenvalue weighted by molar-refractivity contribution is -0.356. The first-order valence-corrected chi connectivity index (χ1v) is 16.6. The van der Waals surface area contributed by atoms with Gasteiger partial charge in [0.15, 0.2) is 29.1 Å². The highest BCUT2D eigenvalue weighted by atomic mass is 16.7. The van der Waals surface area contributed by atoms with E-state index in [1.165, 1.54) is 6.08 Å². The van der Waals surface area contributed by atoms with Crippen LogP contribution in [-0.2, 0) is 16.1 Å². The molecule has 0 amide bonds. The SMILES string of the molecule is CNCc1cc(OC)c(OC)c2c1C1C(CNC)Oc3c4c(cc(-c5cccc(O)c5)c3C1O2)OC12OC(C(=O)O)(C=CC1N4)C(O)C(O)C2O. The molecular formula is C36H39N3O12. The molecule has 270 valence electrons. The Kier molecular flexibility index (Phi) is 7.79. The summed E-state index contributed by atoms with van der Waals surface area (Å²) in [5.41, 5.74) is 1.56. The number of nitrogens with one attached hydrogen (secondary N) is 3. The Hall–Kier alpha value is -4.77. The van der Waals surface area contributed by atoms with E-state index >= 15 is 0 Å². The first-order valence-electron chi connectivity index (χ1n) is 16.6. The lowest BCUT2D eigenvalue weighted by Gasteiger charge is -2.57. The molecule has 3 aromatic carbocycles. The fraction of sp³-hybridized carbons (Fsp3) is 0.417. The zero-order valence-corrected chi connectivity index (χ0v) is 28.2. The van der Waals surface area contributed by atoms with Crippen LogP contribution in [0.2, 0.25) is 0 Å². The topological polar surface area (TPSA) is 210 Å². The van der Waals surface area contributed by atoms with Crippen LogP contribution in [0.5, 0.6) is 34.5 Å². The van der Waals surface area contributed by atoms with Gasteiger partial charge in [0.2, 0.25) is 11.4 Å². The molecule has 5 aliphatic heterocycles. The Morgan fingerprint density at radius 2 is 1.80 bits per heavy atom. The van der Waals surface area contributed by atoms with Crippen LogP contribution in [-0.4, -0.2) is 108 Å². The van der Waals surface area contributed by atoms with Crippen molar-refractivity contribution in [2.45, 2.75) is 60.4 Å². The first-order chi connectivity index (χ1) is 24.5. The summed E-state index contributed by atoms with van der Waals surface area (Å²) >= 11 is 0. The van der Waals surface area contributed by atoms with Crippen molar-refractivity contribution in [3.8, 4) is 45.6 Å². The summed E-state index contributed by atoms with van der Waals surface area (Å²) in [4.78, 5) is 12.5. The van der Waals surface area contributed by atoms with E-state index < -0.39 is 53.9 Å². The molecule has 0 aromatic heterocycles. The van der Waals surface area contributed by atoms with E-state index in [-0.39, 0.29) is 17.4 Å². The normalized spacial score (nSPS) is 32.0. The zero-order chi connectivity index (χ0) is 36.0. The maximum Gasteiger partial charge on any atom is 0.343 e. The predicted octanol–water partition coefficient (Wildman–Crippen LogP) is 1.37. The van der Waals surface area contributed by atoms with E-state index in [0.29, 0.717) is 58.5 Å². The van der Waals surface area contributed by atoms with Gasteiger partial charge in [-0.05, 0) is 61.1 Å². The van der Waals surface area contributed by atoms with Gasteiger partial charge in [0.05, 0.1) is 20.1 Å². The molecule has 5 heterocycles. The van der Waals surface area contributed by atoms with Gasteiger partial charge >= 0.3 is 5.97 Å². The molecule has 5 aliphatic rings. The number of aliphatic carboxylic acids is 1. The monoisotopic (exact) mass is 705 g/mol. The molecule has 9 atom stereocenters. The summed E-state index contributed by atoms with van der Waals surface area (Å²) in [5, 5.41) is 63.7. The number of ether oxygens (including phenoxy) is 6. The van der Waals surface area contributed by atoms with Crippen molar-refractivity contribution in [3.05, 3.63) is 65.2 Å². The molecule has 15 heteroatoms. The number of aliphatic hydroxyl groups excluding tert-OH is 3. The van der Waals surface area contributed by atoms with Gasteiger partial charge in [-0.3, -0.25) is 0 Å². The number of rotatable bonds is 8. The largest absolute Gasteiger partial charge is 0.508 e. The van der Waals surface area contributed by atoms with E-state index in [2.05, 4.69) is 16.0 Å². The van der Waals surface area contributed by atoms with E-state index in [1.807, 2.05) is 20.2 Å². The molecule has 9 unspecified atom stereocenters. The Labute approximate surface area is 292 Å². The molecule has 8 rings (SSSR count). The number of fused-ring (bicyclic) bond motifs is 8. The number of methoxy groups -OCH3 is 2. The van der Waals surface area contributed by atoms with Gasteiger partial charge in [-0.2, -0.15) is 0 Å². The number of likely N-dealkylation sites (N-methyl/N-ethyl adjacent to an activating group) is 1. The average Bonchev–Trinajstić information content (AvgIpc) is 3.53. The molecule has 1 fully saturated rings. The van der Waals surface area contributed by atoms with Crippen LogP contribution in [0, 0.1) is 0 Å². The van der Waals surface area contributed by atoms with Gasteiger partial charge in [-0.15, -0.1) is 0 Å². The summed E-state index contributed by atoms with van der Waals surface area (Å²) in [6.45, 7) is 0.910. The zero-order valence-electron chi connectivity index (χ0n) is 28.2. The van der Waals surface area contributed by atoms with Crippen molar-refractivity contribution < 1.29 is 58.7 Å². The number of aliphatic hydroxyl groups is 3. The number of carboxylic acid groups (broad SMARTS) is 1. The first kappa shape index (κ1) is 33.4. The number of anilines is 1. The van der Waals surface area contributed by atoms with Gasteiger partial charge in [0.1, 0.15) is 41.9 Å². The van der Waals surface area contributed by atoms with E-state index in [0.717, 1.165) is 17.2 Å². The standard InChI is InChI=1S/C36H39N3O12/c1-37-13-16-11-20(46-3)28(47-4)31-23(16)25-21(14-38-2)48-30-24(29(25)49-31)18(15-6-5-7-17(40)10-15)12-19-26(30)39-22-8-9-35(34(44)45)32(42)27(41)33(43)36(22,50-19)51-35/h5-12,21-22,25,27,29,32-33,37-43H,13-14H2,1-4H3,(H,44,45). The fourth-order valence-electron chi connectivity index (χ4n) is 8.26. The number of carbonyl (C=O) groups is 1. The van der Waals surface area contributed by atoms with Gasteiger partial charge in [-0.25, -0.2) is 4.79 Å². The van der Waals surface area contributed by atoms with Gasteiger partial charge in [0, 0.05) is 24.2 Å². The van der Waals surface area contributed by atoms with Crippen molar-refractivity contribution in [3.63, 3.8) is 0 Å². The summed E-state index contributed by atoms with van der Waals surface area (Å²) < 4.78 is 37.9. The van der Waals surface area contributed by atoms with Crippen LogP contribution in [0.25, 0.3) is 11.1 Å². The van der Waals surface area contributed by atoms with Crippen LogP contribution in [0.1, 0.15) is 28.7 Å². The minimum absolute atomic E-state index is 0.00292. The highest BCUT2D eigenvalue weighted by Crippen LogP contribution is 2.64. The summed E-state index contributed by atoms with van der Waals surface area (Å²) in [6.07, 6.45) is -4.36. The van der Waals surface area contributed by atoms with E-state index in [9.17, 15) is 30.3 Å². The molecule has 15 nitrogen and oxygen atoms in total. The average molecular weight is 706 g/mol. The van der Waals surface area contributed by atoms with Crippen LogP contribution in [0.15, 0.2) is 48.6 Å². The van der Waals surface area contributed by atoms with Gasteiger partial charge < -0.3 is 69.9 Å².